The van der Waals surface area contributed by atoms with Crippen molar-refractivity contribution in [2.24, 2.45) is 0 Å². The fourth-order valence-corrected chi connectivity index (χ4v) is 2.65. The standard InChI is InChI=1S/C14H11BrF2O3S/c1-21(18,19)11-4-2-3-10(7-11)20-14-12(16)5-9(8-15)6-13(14)17/h2-7H,8H2,1H3. The molecule has 0 N–H and O–H groups in total. The summed E-state index contributed by atoms with van der Waals surface area (Å²) in [4.78, 5) is 0.0119. The van der Waals surface area contributed by atoms with Gasteiger partial charge in [0.25, 0.3) is 0 Å². The first-order valence-electron chi connectivity index (χ1n) is 5.83. The first kappa shape index (κ1) is 15.9. The Bertz CT molecular complexity index is 753. The number of hydrogen-bond donors (Lipinski definition) is 0. The van der Waals surface area contributed by atoms with Gasteiger partial charge in [-0.3, -0.25) is 0 Å². The predicted molar refractivity (Wildman–Crippen MR) is 78.6 cm³/mol. The maximum atomic E-state index is 13.8. The second-order valence-corrected chi connectivity index (χ2v) is 6.95. The number of alkyl halides is 1. The Morgan fingerprint density at radius 3 is 2.29 bits per heavy atom. The van der Waals surface area contributed by atoms with E-state index in [-0.39, 0.29) is 10.6 Å². The molecule has 2 aromatic carbocycles. The van der Waals surface area contributed by atoms with E-state index < -0.39 is 27.2 Å². The maximum Gasteiger partial charge on any atom is 0.198 e. The summed E-state index contributed by atoms with van der Waals surface area (Å²) < 4.78 is 55.7. The van der Waals surface area contributed by atoms with Crippen molar-refractivity contribution < 1.29 is 21.9 Å². The molecule has 0 fully saturated rings. The van der Waals surface area contributed by atoms with Gasteiger partial charge in [-0.25, -0.2) is 17.2 Å². The molecule has 0 radical (unpaired) electrons. The van der Waals surface area contributed by atoms with Crippen LogP contribution in [0.15, 0.2) is 41.3 Å². The summed E-state index contributed by atoms with van der Waals surface area (Å²) in [5.74, 6) is -2.23. The molecule has 21 heavy (non-hydrogen) atoms. The van der Waals surface area contributed by atoms with Crippen molar-refractivity contribution in [3.8, 4) is 11.5 Å². The van der Waals surface area contributed by atoms with Crippen molar-refractivity contribution in [1.29, 1.82) is 0 Å². The smallest absolute Gasteiger partial charge is 0.198 e. The Hall–Kier alpha value is -1.47. The lowest BCUT2D eigenvalue weighted by molar-refractivity contribution is 0.406. The summed E-state index contributed by atoms with van der Waals surface area (Å²) >= 11 is 3.11. The van der Waals surface area contributed by atoms with E-state index in [9.17, 15) is 17.2 Å². The Balaban J connectivity index is 2.39. The largest absolute Gasteiger partial charge is 0.451 e. The SMILES string of the molecule is CS(=O)(=O)c1cccc(Oc2c(F)cc(CBr)cc2F)c1. The van der Waals surface area contributed by atoms with Crippen LogP contribution in [0.25, 0.3) is 0 Å². The average molecular weight is 377 g/mol. The first-order chi connectivity index (χ1) is 9.81. The molecule has 0 unspecified atom stereocenters. The Labute approximate surface area is 129 Å². The highest BCUT2D eigenvalue weighted by Gasteiger charge is 2.15. The second kappa shape index (κ2) is 6.11. The topological polar surface area (TPSA) is 43.4 Å². The van der Waals surface area contributed by atoms with E-state index >= 15 is 0 Å². The molecule has 2 aromatic rings. The van der Waals surface area contributed by atoms with Crippen molar-refractivity contribution in [3.63, 3.8) is 0 Å². The van der Waals surface area contributed by atoms with Crippen LogP contribution in [0, 0.1) is 11.6 Å². The van der Waals surface area contributed by atoms with Gasteiger partial charge >= 0.3 is 0 Å². The van der Waals surface area contributed by atoms with Crippen LogP contribution in [-0.4, -0.2) is 14.7 Å². The van der Waals surface area contributed by atoms with Crippen molar-refractivity contribution in [1.82, 2.24) is 0 Å². The number of benzene rings is 2. The summed E-state index contributed by atoms with van der Waals surface area (Å²) in [7, 11) is -3.42. The summed E-state index contributed by atoms with van der Waals surface area (Å²) in [6.45, 7) is 0. The van der Waals surface area contributed by atoms with Crippen LogP contribution in [0.5, 0.6) is 11.5 Å². The highest BCUT2D eigenvalue weighted by Crippen LogP contribution is 2.30. The lowest BCUT2D eigenvalue weighted by Gasteiger charge is -2.10. The van der Waals surface area contributed by atoms with Gasteiger partial charge in [-0.2, -0.15) is 0 Å². The van der Waals surface area contributed by atoms with E-state index in [0.29, 0.717) is 10.9 Å². The Morgan fingerprint density at radius 2 is 1.76 bits per heavy atom. The van der Waals surface area contributed by atoms with Gasteiger partial charge in [-0.05, 0) is 35.9 Å². The summed E-state index contributed by atoms with van der Waals surface area (Å²) in [6, 6.07) is 7.75. The third-order valence-electron chi connectivity index (χ3n) is 2.67. The molecule has 0 atom stereocenters. The minimum Gasteiger partial charge on any atom is -0.451 e. The van der Waals surface area contributed by atoms with E-state index in [0.717, 1.165) is 18.4 Å². The Morgan fingerprint density at radius 1 is 1.14 bits per heavy atom. The molecule has 0 saturated carbocycles. The quantitative estimate of drug-likeness (QED) is 0.755. The zero-order valence-corrected chi connectivity index (χ0v) is 13.3. The molecule has 2 rings (SSSR count). The number of rotatable bonds is 4. The van der Waals surface area contributed by atoms with Gasteiger partial charge in [-0.1, -0.05) is 22.0 Å². The van der Waals surface area contributed by atoms with Crippen molar-refractivity contribution in [2.75, 3.05) is 6.26 Å². The second-order valence-electron chi connectivity index (χ2n) is 4.37. The van der Waals surface area contributed by atoms with Gasteiger partial charge in [0.05, 0.1) is 4.90 Å². The van der Waals surface area contributed by atoms with Gasteiger partial charge in [0.1, 0.15) is 5.75 Å². The van der Waals surface area contributed by atoms with Gasteiger partial charge in [-0.15, -0.1) is 0 Å². The Kier molecular flexibility index (Phi) is 4.63. The highest BCUT2D eigenvalue weighted by atomic mass is 79.9. The fraction of sp³-hybridized carbons (Fsp3) is 0.143. The molecule has 0 saturated heterocycles. The van der Waals surface area contributed by atoms with Crippen LogP contribution in [0.4, 0.5) is 8.78 Å². The van der Waals surface area contributed by atoms with E-state index in [2.05, 4.69) is 15.9 Å². The van der Waals surface area contributed by atoms with E-state index in [4.69, 9.17) is 4.74 Å². The molecule has 3 nitrogen and oxygen atoms in total. The molecular formula is C14H11BrF2O3S. The van der Waals surface area contributed by atoms with Crippen LogP contribution in [0.1, 0.15) is 5.56 Å². The zero-order valence-electron chi connectivity index (χ0n) is 10.9. The van der Waals surface area contributed by atoms with Gasteiger partial charge in [0, 0.05) is 11.6 Å². The lowest BCUT2D eigenvalue weighted by atomic mass is 10.2. The molecule has 0 aliphatic heterocycles. The van der Waals surface area contributed by atoms with Crippen LogP contribution in [-0.2, 0) is 15.2 Å². The lowest BCUT2D eigenvalue weighted by Crippen LogP contribution is -1.98. The molecule has 0 amide bonds. The third-order valence-corrected chi connectivity index (χ3v) is 4.42. The minimum absolute atomic E-state index is 0.0119. The summed E-state index contributed by atoms with van der Waals surface area (Å²) in [5.41, 5.74) is 0.433. The number of halogens is 3. The highest BCUT2D eigenvalue weighted by molar-refractivity contribution is 9.08. The number of hydrogen-bond acceptors (Lipinski definition) is 3. The molecule has 0 bridgehead atoms. The number of sulfone groups is 1. The molecule has 0 spiro atoms. The molecule has 0 aliphatic rings. The third kappa shape index (κ3) is 3.79. The van der Waals surface area contributed by atoms with Gasteiger partial charge in [0.15, 0.2) is 27.2 Å². The van der Waals surface area contributed by atoms with Gasteiger partial charge < -0.3 is 4.74 Å². The molecule has 0 aromatic heterocycles. The van der Waals surface area contributed by atoms with Crippen LogP contribution >= 0.6 is 15.9 Å². The van der Waals surface area contributed by atoms with E-state index in [1.807, 2.05) is 0 Å². The van der Waals surface area contributed by atoms with Crippen LogP contribution in [0.3, 0.4) is 0 Å². The van der Waals surface area contributed by atoms with Crippen molar-refractivity contribution in [2.45, 2.75) is 10.2 Å². The monoisotopic (exact) mass is 376 g/mol. The normalized spacial score (nSPS) is 11.4. The fourth-order valence-electron chi connectivity index (χ4n) is 1.67. The van der Waals surface area contributed by atoms with Gasteiger partial charge in [0.2, 0.25) is 0 Å². The molecule has 0 heterocycles. The summed E-state index contributed by atoms with van der Waals surface area (Å²) in [6.07, 6.45) is 1.04. The molecule has 112 valence electrons. The molecule has 7 heteroatoms. The van der Waals surface area contributed by atoms with Crippen molar-refractivity contribution >= 4 is 25.8 Å². The van der Waals surface area contributed by atoms with Crippen LogP contribution < -0.4 is 4.74 Å². The maximum absolute atomic E-state index is 13.8. The van der Waals surface area contributed by atoms with E-state index in [1.165, 1.54) is 24.3 Å². The van der Waals surface area contributed by atoms with E-state index in [1.54, 1.807) is 0 Å². The predicted octanol–water partition coefficient (Wildman–Crippen LogP) is 4.06. The average Bonchev–Trinajstić information content (AvgIpc) is 2.42. The first-order valence-corrected chi connectivity index (χ1v) is 8.84. The minimum atomic E-state index is -3.42. The zero-order chi connectivity index (χ0) is 15.6. The molecular weight excluding hydrogens is 366 g/mol. The molecule has 0 aliphatic carbocycles. The number of ether oxygens (including phenoxy) is 1. The summed E-state index contributed by atoms with van der Waals surface area (Å²) in [5, 5.41) is 0.310. The van der Waals surface area contributed by atoms with Crippen LogP contribution in [0.2, 0.25) is 0 Å². The van der Waals surface area contributed by atoms with Crippen molar-refractivity contribution in [3.05, 3.63) is 53.6 Å².